The predicted molar refractivity (Wildman–Crippen MR) is 69.9 cm³/mol. The number of amides is 1. The summed E-state index contributed by atoms with van der Waals surface area (Å²) in [4.78, 5) is 11.8. The van der Waals surface area contributed by atoms with Crippen molar-refractivity contribution in [1.82, 2.24) is 15.5 Å². The zero-order chi connectivity index (χ0) is 13.0. The lowest BCUT2D eigenvalue weighted by atomic mass is 9.83. The summed E-state index contributed by atoms with van der Waals surface area (Å²) in [5, 5.41) is 10.4. The summed E-state index contributed by atoms with van der Waals surface area (Å²) in [6.45, 7) is 3.02. The monoisotopic (exact) mass is 248 g/mol. The SMILES string of the molecule is CC1CCC(CNC(=O)c2ccc(N)nn2)CC1. The van der Waals surface area contributed by atoms with E-state index in [4.69, 9.17) is 5.73 Å². The van der Waals surface area contributed by atoms with Crippen LogP contribution in [0.4, 0.5) is 5.82 Å². The summed E-state index contributed by atoms with van der Waals surface area (Å²) in [5.41, 5.74) is 5.75. The van der Waals surface area contributed by atoms with E-state index in [0.29, 0.717) is 17.4 Å². The first-order valence-corrected chi connectivity index (χ1v) is 6.52. The van der Waals surface area contributed by atoms with Gasteiger partial charge in [0.2, 0.25) is 0 Å². The number of nitrogens with one attached hydrogen (secondary N) is 1. The summed E-state index contributed by atoms with van der Waals surface area (Å²) in [7, 11) is 0. The minimum absolute atomic E-state index is 0.166. The van der Waals surface area contributed by atoms with Gasteiger partial charge >= 0.3 is 0 Å². The van der Waals surface area contributed by atoms with Gasteiger partial charge in [0, 0.05) is 6.54 Å². The van der Waals surface area contributed by atoms with Gasteiger partial charge in [-0.05, 0) is 36.8 Å². The third-order valence-corrected chi connectivity index (χ3v) is 3.60. The second-order valence-corrected chi connectivity index (χ2v) is 5.18. The van der Waals surface area contributed by atoms with Gasteiger partial charge in [-0.1, -0.05) is 19.8 Å². The molecule has 2 rings (SSSR count). The molecule has 0 aliphatic heterocycles. The van der Waals surface area contributed by atoms with Crippen molar-refractivity contribution < 1.29 is 4.79 Å². The highest BCUT2D eigenvalue weighted by molar-refractivity contribution is 5.92. The Hall–Kier alpha value is -1.65. The molecule has 98 valence electrons. The Balaban J connectivity index is 1.79. The van der Waals surface area contributed by atoms with Gasteiger partial charge in [0.1, 0.15) is 5.82 Å². The molecule has 1 aromatic rings. The molecule has 5 nitrogen and oxygen atoms in total. The molecule has 1 amide bonds. The van der Waals surface area contributed by atoms with E-state index in [1.54, 1.807) is 12.1 Å². The third-order valence-electron chi connectivity index (χ3n) is 3.60. The fourth-order valence-corrected chi connectivity index (χ4v) is 2.32. The van der Waals surface area contributed by atoms with Crippen LogP contribution >= 0.6 is 0 Å². The van der Waals surface area contributed by atoms with Gasteiger partial charge in [-0.2, -0.15) is 0 Å². The van der Waals surface area contributed by atoms with Crippen molar-refractivity contribution in [2.75, 3.05) is 12.3 Å². The molecule has 5 heteroatoms. The molecule has 0 atom stereocenters. The quantitative estimate of drug-likeness (QED) is 0.851. The maximum Gasteiger partial charge on any atom is 0.271 e. The van der Waals surface area contributed by atoms with E-state index in [9.17, 15) is 4.79 Å². The smallest absolute Gasteiger partial charge is 0.271 e. The molecular formula is C13H20N4O. The predicted octanol–water partition coefficient (Wildman–Crippen LogP) is 1.61. The standard InChI is InChI=1S/C13H20N4O/c1-9-2-4-10(5-3-9)8-15-13(18)11-6-7-12(14)17-16-11/h6-7,9-10H,2-5,8H2,1H3,(H2,14,17)(H,15,18). The lowest BCUT2D eigenvalue weighted by molar-refractivity contribution is 0.0936. The van der Waals surface area contributed by atoms with Crippen LogP contribution in [0.3, 0.4) is 0 Å². The molecule has 1 aromatic heterocycles. The molecule has 0 radical (unpaired) electrons. The van der Waals surface area contributed by atoms with Crippen LogP contribution < -0.4 is 11.1 Å². The van der Waals surface area contributed by atoms with Crippen molar-refractivity contribution in [2.45, 2.75) is 32.6 Å². The highest BCUT2D eigenvalue weighted by atomic mass is 16.1. The summed E-state index contributed by atoms with van der Waals surface area (Å²) in [5.74, 6) is 1.60. The molecule has 1 aliphatic carbocycles. The molecule has 0 bridgehead atoms. The Bertz CT molecular complexity index is 396. The molecule has 0 spiro atoms. The normalized spacial score (nSPS) is 23.6. The van der Waals surface area contributed by atoms with Crippen molar-refractivity contribution in [2.24, 2.45) is 11.8 Å². The lowest BCUT2D eigenvalue weighted by Gasteiger charge is -2.26. The number of nitrogens with zero attached hydrogens (tertiary/aromatic N) is 2. The van der Waals surface area contributed by atoms with Gasteiger partial charge in [0.25, 0.3) is 5.91 Å². The summed E-state index contributed by atoms with van der Waals surface area (Å²) in [6, 6.07) is 3.19. The van der Waals surface area contributed by atoms with Crippen molar-refractivity contribution >= 4 is 11.7 Å². The second-order valence-electron chi connectivity index (χ2n) is 5.18. The zero-order valence-corrected chi connectivity index (χ0v) is 10.7. The van der Waals surface area contributed by atoms with Crippen LogP contribution in [0.1, 0.15) is 43.1 Å². The van der Waals surface area contributed by atoms with E-state index in [0.717, 1.165) is 12.5 Å². The number of hydrogen-bond donors (Lipinski definition) is 2. The van der Waals surface area contributed by atoms with Gasteiger partial charge in [0.05, 0.1) is 0 Å². The lowest BCUT2D eigenvalue weighted by Crippen LogP contribution is -2.31. The number of carbonyl (C=O) groups is 1. The highest BCUT2D eigenvalue weighted by Crippen LogP contribution is 2.27. The average Bonchev–Trinajstić information content (AvgIpc) is 2.38. The van der Waals surface area contributed by atoms with E-state index in [-0.39, 0.29) is 5.91 Å². The number of aromatic nitrogens is 2. The van der Waals surface area contributed by atoms with Crippen molar-refractivity contribution in [3.05, 3.63) is 17.8 Å². The topological polar surface area (TPSA) is 80.9 Å². The van der Waals surface area contributed by atoms with Gasteiger partial charge in [-0.15, -0.1) is 10.2 Å². The van der Waals surface area contributed by atoms with Crippen LogP contribution in [-0.2, 0) is 0 Å². The number of rotatable bonds is 3. The molecule has 1 aliphatic rings. The zero-order valence-electron chi connectivity index (χ0n) is 10.7. The van der Waals surface area contributed by atoms with Crippen LogP contribution in [0, 0.1) is 11.8 Å². The van der Waals surface area contributed by atoms with Crippen LogP contribution in [0.2, 0.25) is 0 Å². The molecule has 1 saturated carbocycles. The van der Waals surface area contributed by atoms with E-state index >= 15 is 0 Å². The van der Waals surface area contributed by atoms with Crippen molar-refractivity contribution in [3.8, 4) is 0 Å². The van der Waals surface area contributed by atoms with Crippen LogP contribution in [0.25, 0.3) is 0 Å². The average molecular weight is 248 g/mol. The number of nitrogen functional groups attached to an aromatic ring is 1. The van der Waals surface area contributed by atoms with Gasteiger partial charge in [0.15, 0.2) is 5.69 Å². The minimum atomic E-state index is -0.166. The Morgan fingerprint density at radius 1 is 1.33 bits per heavy atom. The molecule has 0 unspecified atom stereocenters. The molecule has 3 N–H and O–H groups in total. The summed E-state index contributed by atoms with van der Waals surface area (Å²) >= 11 is 0. The first kappa shape index (κ1) is 12.8. The Morgan fingerprint density at radius 3 is 2.67 bits per heavy atom. The van der Waals surface area contributed by atoms with Gasteiger partial charge < -0.3 is 11.1 Å². The van der Waals surface area contributed by atoms with Crippen molar-refractivity contribution in [3.63, 3.8) is 0 Å². The van der Waals surface area contributed by atoms with Crippen molar-refractivity contribution in [1.29, 1.82) is 0 Å². The number of carbonyl (C=O) groups excluding carboxylic acids is 1. The summed E-state index contributed by atoms with van der Waals surface area (Å²) < 4.78 is 0. The second kappa shape index (κ2) is 5.80. The van der Waals surface area contributed by atoms with E-state index < -0.39 is 0 Å². The Labute approximate surface area is 107 Å². The number of anilines is 1. The Kier molecular flexibility index (Phi) is 4.12. The van der Waals surface area contributed by atoms with E-state index in [2.05, 4.69) is 22.4 Å². The summed E-state index contributed by atoms with van der Waals surface area (Å²) in [6.07, 6.45) is 4.94. The van der Waals surface area contributed by atoms with Crippen LogP contribution in [0.5, 0.6) is 0 Å². The van der Waals surface area contributed by atoms with E-state index in [1.807, 2.05) is 0 Å². The fourth-order valence-electron chi connectivity index (χ4n) is 2.32. The number of hydrogen-bond acceptors (Lipinski definition) is 4. The minimum Gasteiger partial charge on any atom is -0.382 e. The molecule has 1 fully saturated rings. The largest absolute Gasteiger partial charge is 0.382 e. The molecular weight excluding hydrogens is 228 g/mol. The molecule has 0 aromatic carbocycles. The fraction of sp³-hybridized carbons (Fsp3) is 0.615. The number of nitrogens with two attached hydrogens (primary N) is 1. The van der Waals surface area contributed by atoms with Crippen LogP contribution in [-0.4, -0.2) is 22.6 Å². The first-order valence-electron chi connectivity index (χ1n) is 6.52. The maximum absolute atomic E-state index is 11.8. The molecule has 18 heavy (non-hydrogen) atoms. The maximum atomic E-state index is 11.8. The Morgan fingerprint density at radius 2 is 2.06 bits per heavy atom. The molecule has 1 heterocycles. The first-order chi connectivity index (χ1) is 8.65. The van der Waals surface area contributed by atoms with E-state index in [1.165, 1.54) is 25.7 Å². The third kappa shape index (κ3) is 3.42. The highest BCUT2D eigenvalue weighted by Gasteiger charge is 2.19. The van der Waals surface area contributed by atoms with Gasteiger partial charge in [-0.25, -0.2) is 0 Å². The van der Waals surface area contributed by atoms with Crippen LogP contribution in [0.15, 0.2) is 12.1 Å². The molecule has 0 saturated heterocycles. The van der Waals surface area contributed by atoms with Gasteiger partial charge in [-0.3, -0.25) is 4.79 Å².